The summed E-state index contributed by atoms with van der Waals surface area (Å²) in [5, 5.41) is 3.65. The molecular weight excluding hydrogens is 386 g/mol. The van der Waals surface area contributed by atoms with Gasteiger partial charge in [0.1, 0.15) is 5.82 Å². The molecule has 3 atom stereocenters. The first-order chi connectivity index (χ1) is 15.0. The molecule has 0 amide bonds. The fraction of sp³-hybridized carbons (Fsp3) is 0.480. The van der Waals surface area contributed by atoms with E-state index >= 15 is 0 Å². The average molecular weight is 420 g/mol. The number of hydrogen-bond donors (Lipinski definition) is 2. The second kappa shape index (κ2) is 9.60. The number of H-pyrrole nitrogens is 1. The van der Waals surface area contributed by atoms with Gasteiger partial charge in [0.25, 0.3) is 0 Å². The van der Waals surface area contributed by atoms with Crippen LogP contribution in [-0.4, -0.2) is 33.6 Å². The van der Waals surface area contributed by atoms with Gasteiger partial charge in [0, 0.05) is 38.0 Å². The van der Waals surface area contributed by atoms with Crippen LogP contribution in [0, 0.1) is 23.7 Å². The molecule has 0 fully saturated rings. The minimum atomic E-state index is 0.504. The van der Waals surface area contributed by atoms with Crippen LogP contribution in [0.25, 0.3) is 11.2 Å². The van der Waals surface area contributed by atoms with Gasteiger partial charge in [-0.3, -0.25) is 4.98 Å². The highest BCUT2D eigenvalue weighted by atomic mass is 16.5. The van der Waals surface area contributed by atoms with Crippen molar-refractivity contribution >= 4 is 11.2 Å². The normalized spacial score (nSPS) is 21.5. The van der Waals surface area contributed by atoms with E-state index in [0.29, 0.717) is 29.6 Å². The first-order valence-corrected chi connectivity index (χ1v) is 11.2. The molecule has 0 aromatic carbocycles. The Morgan fingerprint density at radius 3 is 2.84 bits per heavy atom. The Labute approximate surface area is 184 Å². The summed E-state index contributed by atoms with van der Waals surface area (Å²) >= 11 is 0. The molecule has 0 spiro atoms. The number of fused-ring (bicyclic) bond motifs is 1. The third-order valence-corrected chi connectivity index (χ3v) is 6.53. The van der Waals surface area contributed by atoms with Crippen molar-refractivity contribution in [1.82, 2.24) is 25.3 Å². The van der Waals surface area contributed by atoms with Crippen molar-refractivity contribution < 1.29 is 4.74 Å². The predicted molar refractivity (Wildman–Crippen MR) is 124 cm³/mol. The highest BCUT2D eigenvalue weighted by molar-refractivity contribution is 5.71. The van der Waals surface area contributed by atoms with Crippen LogP contribution < -0.4 is 10.1 Å². The summed E-state index contributed by atoms with van der Waals surface area (Å²) in [5.74, 6) is 3.94. The van der Waals surface area contributed by atoms with Gasteiger partial charge < -0.3 is 15.0 Å². The van der Waals surface area contributed by atoms with Crippen LogP contribution >= 0.6 is 0 Å². The number of aromatic amines is 1. The number of hydrogen-bond acceptors (Lipinski definition) is 5. The molecule has 3 heterocycles. The van der Waals surface area contributed by atoms with Crippen LogP contribution in [0.15, 0.2) is 48.3 Å². The van der Waals surface area contributed by atoms with Crippen LogP contribution in [0.1, 0.15) is 38.6 Å². The molecule has 1 aliphatic rings. The Morgan fingerprint density at radius 1 is 1.23 bits per heavy atom. The van der Waals surface area contributed by atoms with Gasteiger partial charge in [-0.25, -0.2) is 4.98 Å². The summed E-state index contributed by atoms with van der Waals surface area (Å²) in [6.07, 6.45) is 8.36. The molecule has 2 N–H and O–H groups in total. The molecule has 0 unspecified atom stereocenters. The smallest absolute Gasteiger partial charge is 0.215 e. The maximum atomic E-state index is 5.23. The van der Waals surface area contributed by atoms with Gasteiger partial charge in [-0.1, -0.05) is 31.6 Å². The fourth-order valence-electron chi connectivity index (χ4n) is 4.76. The second-order valence-corrected chi connectivity index (χ2v) is 9.02. The summed E-state index contributed by atoms with van der Waals surface area (Å²) < 4.78 is 5.23. The second-order valence-electron chi connectivity index (χ2n) is 9.02. The molecule has 3 aromatic heterocycles. The van der Waals surface area contributed by atoms with Crippen LogP contribution in [-0.2, 0) is 13.0 Å². The molecule has 6 heteroatoms. The Balaban J connectivity index is 1.44. The highest BCUT2D eigenvalue weighted by Gasteiger charge is 2.31. The number of rotatable bonds is 8. The molecule has 1 aliphatic carbocycles. The van der Waals surface area contributed by atoms with E-state index < -0.39 is 0 Å². The van der Waals surface area contributed by atoms with Gasteiger partial charge in [0.15, 0.2) is 5.65 Å². The lowest BCUT2D eigenvalue weighted by atomic mass is 9.70. The molecule has 0 aliphatic heterocycles. The Hall–Kier alpha value is -2.73. The van der Waals surface area contributed by atoms with Crippen molar-refractivity contribution in [3.63, 3.8) is 0 Å². The third-order valence-electron chi connectivity index (χ3n) is 6.53. The minimum Gasteiger partial charge on any atom is -0.481 e. The number of nitrogens with zero attached hydrogens (tertiary/aromatic N) is 3. The maximum absolute atomic E-state index is 5.23. The van der Waals surface area contributed by atoms with Gasteiger partial charge in [-0.05, 0) is 54.7 Å². The molecule has 31 heavy (non-hydrogen) atoms. The Morgan fingerprint density at radius 2 is 2.10 bits per heavy atom. The summed E-state index contributed by atoms with van der Waals surface area (Å²) in [4.78, 5) is 16.8. The summed E-state index contributed by atoms with van der Waals surface area (Å²) in [7, 11) is 1.63. The lowest BCUT2D eigenvalue weighted by Crippen LogP contribution is -2.34. The van der Waals surface area contributed by atoms with Crippen molar-refractivity contribution in [1.29, 1.82) is 0 Å². The number of nitrogens with one attached hydrogen (secondary N) is 2. The van der Waals surface area contributed by atoms with E-state index in [0.717, 1.165) is 36.5 Å². The summed E-state index contributed by atoms with van der Waals surface area (Å²) in [6.45, 7) is 8.83. The fourth-order valence-corrected chi connectivity index (χ4v) is 4.76. The van der Waals surface area contributed by atoms with Crippen LogP contribution in [0.3, 0.4) is 0 Å². The van der Waals surface area contributed by atoms with Crippen molar-refractivity contribution in [3.05, 3.63) is 59.7 Å². The Bertz CT molecular complexity index is 1030. The molecular formula is C25H33N5O. The SMILES string of the molecule is COc1ccc2[nH]c(C[C@@H]3C[C@@H](C(C)C)[C@H](CNCc4cccnc4)C=C3C)nc2n1. The van der Waals surface area contributed by atoms with Crippen molar-refractivity contribution in [2.75, 3.05) is 13.7 Å². The van der Waals surface area contributed by atoms with Gasteiger partial charge in [0.05, 0.1) is 12.6 Å². The summed E-state index contributed by atoms with van der Waals surface area (Å²) in [6, 6.07) is 7.97. The van der Waals surface area contributed by atoms with Crippen molar-refractivity contribution in [2.45, 2.75) is 40.2 Å². The first-order valence-electron chi connectivity index (χ1n) is 11.2. The highest BCUT2D eigenvalue weighted by Crippen LogP contribution is 2.38. The zero-order chi connectivity index (χ0) is 21.8. The lowest BCUT2D eigenvalue weighted by Gasteiger charge is -2.37. The average Bonchev–Trinajstić information content (AvgIpc) is 3.17. The van der Waals surface area contributed by atoms with E-state index in [4.69, 9.17) is 9.72 Å². The summed E-state index contributed by atoms with van der Waals surface area (Å²) in [5.41, 5.74) is 4.39. The van der Waals surface area contributed by atoms with Gasteiger partial charge in [0.2, 0.25) is 5.88 Å². The maximum Gasteiger partial charge on any atom is 0.215 e. The Kier molecular flexibility index (Phi) is 6.66. The first kappa shape index (κ1) is 21.5. The number of methoxy groups -OCH3 is 1. The molecule has 0 bridgehead atoms. The van der Waals surface area contributed by atoms with E-state index in [1.165, 1.54) is 17.6 Å². The van der Waals surface area contributed by atoms with E-state index in [-0.39, 0.29) is 0 Å². The molecule has 164 valence electrons. The van der Waals surface area contributed by atoms with Gasteiger partial charge in [-0.2, -0.15) is 4.98 Å². The number of allylic oxidation sites excluding steroid dienone is 1. The van der Waals surface area contributed by atoms with Crippen molar-refractivity contribution in [3.8, 4) is 5.88 Å². The molecule has 6 nitrogen and oxygen atoms in total. The zero-order valence-electron chi connectivity index (χ0n) is 18.9. The molecule has 4 rings (SSSR count). The number of aromatic nitrogens is 4. The van der Waals surface area contributed by atoms with E-state index in [9.17, 15) is 0 Å². The van der Waals surface area contributed by atoms with Gasteiger partial charge >= 0.3 is 0 Å². The van der Waals surface area contributed by atoms with Crippen LogP contribution in [0.4, 0.5) is 0 Å². The van der Waals surface area contributed by atoms with Crippen LogP contribution in [0.5, 0.6) is 5.88 Å². The quantitative estimate of drug-likeness (QED) is 0.524. The lowest BCUT2D eigenvalue weighted by molar-refractivity contribution is 0.221. The molecule has 3 aromatic rings. The predicted octanol–water partition coefficient (Wildman–Crippen LogP) is 4.55. The van der Waals surface area contributed by atoms with E-state index in [1.807, 2.05) is 30.6 Å². The topological polar surface area (TPSA) is 75.7 Å². The van der Waals surface area contributed by atoms with E-state index in [2.05, 4.69) is 53.2 Å². The zero-order valence-corrected chi connectivity index (χ0v) is 18.9. The third kappa shape index (κ3) is 5.13. The van der Waals surface area contributed by atoms with Crippen LogP contribution in [0.2, 0.25) is 0 Å². The standard InChI is InChI=1S/C25H33N5O/c1-16(2)21-11-19(12-23-28-22-7-8-24(31-4)30-25(22)29-23)17(3)10-20(21)15-27-14-18-6-5-9-26-13-18/h5-10,13,16,19-21,27H,11-12,14-15H2,1-4H3,(H,28,29,30)/t19-,20-,21-/m0/s1. The number of imidazole rings is 1. The molecule has 0 saturated heterocycles. The molecule has 0 saturated carbocycles. The van der Waals surface area contributed by atoms with Gasteiger partial charge in [-0.15, -0.1) is 0 Å². The van der Waals surface area contributed by atoms with Crippen molar-refractivity contribution in [2.24, 2.45) is 23.7 Å². The number of ether oxygens (including phenoxy) is 1. The molecule has 0 radical (unpaired) electrons. The van der Waals surface area contributed by atoms with E-state index in [1.54, 1.807) is 7.11 Å². The largest absolute Gasteiger partial charge is 0.481 e. The number of pyridine rings is 2. The monoisotopic (exact) mass is 419 g/mol. The minimum absolute atomic E-state index is 0.504.